The van der Waals surface area contributed by atoms with Crippen molar-refractivity contribution in [3.8, 4) is 0 Å². The maximum Gasteiger partial charge on any atom is 0.237 e. The van der Waals surface area contributed by atoms with Crippen LogP contribution >= 0.6 is 0 Å². The Labute approximate surface area is 118 Å². The van der Waals surface area contributed by atoms with Gasteiger partial charge >= 0.3 is 0 Å². The van der Waals surface area contributed by atoms with Gasteiger partial charge in [0.05, 0.1) is 6.04 Å². The van der Waals surface area contributed by atoms with Gasteiger partial charge in [0.2, 0.25) is 11.8 Å². The molecule has 1 aromatic rings. The van der Waals surface area contributed by atoms with Gasteiger partial charge in [0, 0.05) is 12.1 Å². The van der Waals surface area contributed by atoms with Crippen molar-refractivity contribution in [2.45, 2.75) is 37.6 Å². The Bertz CT molecular complexity index is 608. The molecule has 2 aliphatic rings. The van der Waals surface area contributed by atoms with Crippen LogP contribution in [0.5, 0.6) is 0 Å². The molecule has 0 aromatic heterocycles. The van der Waals surface area contributed by atoms with Gasteiger partial charge < -0.3 is 10.6 Å². The molecular weight excluding hydrogens is 252 g/mol. The van der Waals surface area contributed by atoms with Crippen LogP contribution < -0.4 is 10.6 Å². The molecule has 0 bridgehead atoms. The second-order valence-electron chi connectivity index (χ2n) is 5.48. The first kappa shape index (κ1) is 12.9. The minimum Gasteiger partial charge on any atom is -0.348 e. The van der Waals surface area contributed by atoms with Gasteiger partial charge in [0.15, 0.2) is 0 Å². The Morgan fingerprint density at radius 1 is 1.40 bits per heavy atom. The molecule has 2 unspecified atom stereocenters. The van der Waals surface area contributed by atoms with Crippen LogP contribution in [0.25, 0.3) is 0 Å². The number of carbonyl (C=O) groups is 2. The Hall–Kier alpha value is -2.10. The number of nitrogens with one attached hydrogen (secondary N) is 2. The van der Waals surface area contributed by atoms with Gasteiger partial charge in [0.25, 0.3) is 0 Å². The monoisotopic (exact) mass is 270 g/mol. The zero-order chi connectivity index (χ0) is 14.3. The number of amides is 2. The number of fused-ring (bicyclic) bond motifs is 2. The largest absolute Gasteiger partial charge is 0.348 e. The molecule has 1 aromatic carbocycles. The quantitative estimate of drug-likeness (QED) is 0.809. The van der Waals surface area contributed by atoms with Gasteiger partial charge in [-0.2, -0.15) is 0 Å². The predicted molar refractivity (Wildman–Crippen MR) is 77.3 cm³/mol. The lowest BCUT2D eigenvalue weighted by Crippen LogP contribution is -2.58. The summed E-state index contributed by atoms with van der Waals surface area (Å²) in [5.41, 5.74) is 2.02. The van der Waals surface area contributed by atoms with Crippen LogP contribution in [0.3, 0.4) is 0 Å². The summed E-state index contributed by atoms with van der Waals surface area (Å²) in [6.45, 7) is 6.06. The van der Waals surface area contributed by atoms with Gasteiger partial charge in [-0.3, -0.25) is 9.59 Å². The maximum absolute atomic E-state index is 12.6. The molecule has 2 aliphatic heterocycles. The summed E-state index contributed by atoms with van der Waals surface area (Å²) in [6, 6.07) is 7.40. The third-order valence-electron chi connectivity index (χ3n) is 4.47. The number of piperidine rings is 1. The van der Waals surface area contributed by atoms with Crippen LogP contribution in [0, 0.1) is 0 Å². The normalized spacial score (nSPS) is 27.9. The van der Waals surface area contributed by atoms with Crippen molar-refractivity contribution < 1.29 is 9.59 Å². The zero-order valence-corrected chi connectivity index (χ0v) is 11.5. The summed E-state index contributed by atoms with van der Waals surface area (Å²) in [5, 5.41) is 5.92. The third kappa shape index (κ3) is 1.60. The average molecular weight is 270 g/mol. The predicted octanol–water partition coefficient (Wildman–Crippen LogP) is 2.12. The highest BCUT2D eigenvalue weighted by atomic mass is 16.2. The first-order chi connectivity index (χ1) is 9.59. The van der Waals surface area contributed by atoms with E-state index in [1.165, 1.54) is 0 Å². The van der Waals surface area contributed by atoms with E-state index in [2.05, 4.69) is 17.2 Å². The third-order valence-corrected chi connectivity index (χ3v) is 4.47. The molecule has 3 rings (SSSR count). The van der Waals surface area contributed by atoms with Gasteiger partial charge in [-0.15, -0.1) is 0 Å². The standard InChI is InChI=1S/C16H18N2O2/c1-3-10(2)14-16(9-8-13(19)18-14)11-6-4-5-7-12(11)17-15(16)20/h4-7,14H,2-3,8-9H2,1H3,(H,17,20)(H,18,19). The van der Waals surface area contributed by atoms with Gasteiger partial charge in [0.1, 0.15) is 5.41 Å². The lowest BCUT2D eigenvalue weighted by molar-refractivity contribution is -0.129. The summed E-state index contributed by atoms with van der Waals surface area (Å²) >= 11 is 0. The van der Waals surface area contributed by atoms with E-state index in [0.717, 1.165) is 23.2 Å². The van der Waals surface area contributed by atoms with Crippen LogP contribution in [-0.4, -0.2) is 17.9 Å². The molecule has 1 spiro atoms. The molecule has 2 amide bonds. The number of hydrogen-bond acceptors (Lipinski definition) is 2. The molecular formula is C16H18N2O2. The van der Waals surface area contributed by atoms with E-state index in [0.29, 0.717) is 12.8 Å². The van der Waals surface area contributed by atoms with Gasteiger partial charge in [-0.25, -0.2) is 0 Å². The number of hydrogen-bond donors (Lipinski definition) is 2. The Morgan fingerprint density at radius 2 is 2.15 bits per heavy atom. The van der Waals surface area contributed by atoms with Gasteiger partial charge in [-0.05, 0) is 24.5 Å². The van der Waals surface area contributed by atoms with E-state index >= 15 is 0 Å². The second kappa shape index (κ2) is 4.47. The first-order valence-electron chi connectivity index (χ1n) is 6.97. The fraction of sp³-hybridized carbons (Fsp3) is 0.375. The molecule has 20 heavy (non-hydrogen) atoms. The molecule has 2 atom stereocenters. The molecule has 4 nitrogen and oxygen atoms in total. The minimum absolute atomic E-state index is 0.00703. The number of carbonyl (C=O) groups excluding carboxylic acids is 2. The van der Waals surface area contributed by atoms with Crippen LogP contribution in [0.1, 0.15) is 31.7 Å². The smallest absolute Gasteiger partial charge is 0.237 e. The van der Waals surface area contributed by atoms with E-state index in [1.807, 2.05) is 31.2 Å². The highest BCUT2D eigenvalue weighted by Gasteiger charge is 2.55. The van der Waals surface area contributed by atoms with Crippen molar-refractivity contribution in [2.24, 2.45) is 0 Å². The van der Waals surface area contributed by atoms with E-state index in [9.17, 15) is 9.59 Å². The molecule has 0 saturated carbocycles. The van der Waals surface area contributed by atoms with Crippen molar-refractivity contribution >= 4 is 17.5 Å². The molecule has 2 heterocycles. The van der Waals surface area contributed by atoms with Crippen LogP contribution in [-0.2, 0) is 15.0 Å². The summed E-state index contributed by atoms with van der Waals surface area (Å²) in [7, 11) is 0. The summed E-state index contributed by atoms with van der Waals surface area (Å²) in [6.07, 6.45) is 1.64. The Morgan fingerprint density at radius 3 is 2.90 bits per heavy atom. The SMILES string of the molecule is C=C(CC)C1NC(=O)CCC12C(=O)Nc1ccccc12. The van der Waals surface area contributed by atoms with Crippen molar-refractivity contribution in [3.05, 3.63) is 42.0 Å². The molecule has 1 saturated heterocycles. The number of para-hydroxylation sites is 1. The molecule has 0 radical (unpaired) electrons. The fourth-order valence-corrected chi connectivity index (χ4v) is 3.34. The molecule has 0 aliphatic carbocycles. The van der Waals surface area contributed by atoms with E-state index in [-0.39, 0.29) is 17.9 Å². The highest BCUT2D eigenvalue weighted by Crippen LogP contribution is 2.47. The lowest BCUT2D eigenvalue weighted by atomic mass is 9.67. The van der Waals surface area contributed by atoms with E-state index in [1.54, 1.807) is 0 Å². The molecule has 104 valence electrons. The molecule has 2 N–H and O–H groups in total. The summed E-state index contributed by atoms with van der Waals surface area (Å²) in [5.74, 6) is -0.0364. The van der Waals surface area contributed by atoms with Crippen LogP contribution in [0.2, 0.25) is 0 Å². The zero-order valence-electron chi connectivity index (χ0n) is 11.5. The highest BCUT2D eigenvalue weighted by molar-refractivity contribution is 6.08. The second-order valence-corrected chi connectivity index (χ2v) is 5.48. The summed E-state index contributed by atoms with van der Waals surface area (Å²) < 4.78 is 0. The van der Waals surface area contributed by atoms with Gasteiger partial charge in [-0.1, -0.05) is 37.3 Å². The van der Waals surface area contributed by atoms with Crippen molar-refractivity contribution in [2.75, 3.05) is 5.32 Å². The van der Waals surface area contributed by atoms with E-state index < -0.39 is 5.41 Å². The van der Waals surface area contributed by atoms with Crippen LogP contribution in [0.15, 0.2) is 36.4 Å². The number of rotatable bonds is 2. The van der Waals surface area contributed by atoms with Crippen molar-refractivity contribution in [3.63, 3.8) is 0 Å². The minimum atomic E-state index is -0.697. The van der Waals surface area contributed by atoms with Crippen molar-refractivity contribution in [1.29, 1.82) is 0 Å². The topological polar surface area (TPSA) is 58.2 Å². The number of anilines is 1. The first-order valence-corrected chi connectivity index (χ1v) is 6.97. The number of benzene rings is 1. The Balaban J connectivity index is 2.15. The fourth-order valence-electron chi connectivity index (χ4n) is 3.34. The molecule has 4 heteroatoms. The molecule has 1 fully saturated rings. The van der Waals surface area contributed by atoms with E-state index in [4.69, 9.17) is 0 Å². The van der Waals surface area contributed by atoms with Crippen molar-refractivity contribution in [1.82, 2.24) is 5.32 Å². The average Bonchev–Trinajstić information content (AvgIpc) is 2.74. The lowest BCUT2D eigenvalue weighted by Gasteiger charge is -2.41. The van der Waals surface area contributed by atoms with Crippen LogP contribution in [0.4, 0.5) is 5.69 Å². The summed E-state index contributed by atoms with van der Waals surface area (Å²) in [4.78, 5) is 24.4. The maximum atomic E-state index is 12.6. The Kier molecular flexibility index (Phi) is 2.89.